The van der Waals surface area contributed by atoms with E-state index in [4.69, 9.17) is 23.2 Å². The zero-order valence-corrected chi connectivity index (χ0v) is 15.9. The molecule has 5 nitrogen and oxygen atoms in total. The molecule has 0 bridgehead atoms. The molecule has 1 saturated heterocycles. The highest BCUT2D eigenvalue weighted by Gasteiger charge is 2.23. The summed E-state index contributed by atoms with van der Waals surface area (Å²) in [5, 5.41) is 3.20. The van der Waals surface area contributed by atoms with Gasteiger partial charge in [0.05, 0.1) is 0 Å². The second-order valence-corrected chi connectivity index (χ2v) is 6.78. The number of alkyl halides is 1. The molecule has 0 aromatic heterocycles. The van der Waals surface area contributed by atoms with Crippen LogP contribution in [0.3, 0.4) is 0 Å². The number of urea groups is 1. The first-order valence-corrected chi connectivity index (χ1v) is 9.35. The molecule has 0 aliphatic carbocycles. The smallest absolute Gasteiger partial charge is 0.321 e. The van der Waals surface area contributed by atoms with Crippen LogP contribution >= 0.6 is 23.2 Å². The average molecular weight is 410 g/mol. The predicted molar refractivity (Wildman–Crippen MR) is 105 cm³/mol. The van der Waals surface area contributed by atoms with Crippen molar-refractivity contribution in [1.82, 2.24) is 9.80 Å². The van der Waals surface area contributed by atoms with Crippen molar-refractivity contribution < 1.29 is 14.0 Å². The Balaban J connectivity index is 1.70. The van der Waals surface area contributed by atoms with Crippen molar-refractivity contribution in [2.75, 3.05) is 37.4 Å². The lowest BCUT2D eigenvalue weighted by atomic mass is 10.0. The number of hydrogen-bond donors (Lipinski definition) is 1. The lowest BCUT2D eigenvalue weighted by Gasteiger charge is -2.34. The summed E-state index contributed by atoms with van der Waals surface area (Å²) in [5.74, 6) is -0.581. The summed E-state index contributed by atoms with van der Waals surface area (Å²) in [6, 6.07) is 11.0. The van der Waals surface area contributed by atoms with Crippen LogP contribution in [0.1, 0.15) is 0 Å². The van der Waals surface area contributed by atoms with Gasteiger partial charge < -0.3 is 15.1 Å². The van der Waals surface area contributed by atoms with Crippen molar-refractivity contribution in [2.45, 2.75) is 0 Å². The summed E-state index contributed by atoms with van der Waals surface area (Å²) in [5.41, 5.74) is 1.39. The molecule has 8 heteroatoms. The zero-order chi connectivity index (χ0) is 19.4. The van der Waals surface area contributed by atoms with Crippen molar-refractivity contribution in [3.63, 3.8) is 0 Å². The number of nitrogens with zero attached hydrogens (tertiary/aromatic N) is 2. The Morgan fingerprint density at radius 1 is 1.00 bits per heavy atom. The molecule has 2 aromatic carbocycles. The van der Waals surface area contributed by atoms with Crippen LogP contribution in [-0.2, 0) is 4.79 Å². The Bertz CT molecular complexity index is 855. The van der Waals surface area contributed by atoms with Crippen LogP contribution in [-0.4, -0.2) is 53.8 Å². The SMILES string of the molecule is O=C(CCl)N1CCN(C(=O)Nc2ccc(Cl)c(-c3ccccc3F)c2)CC1. The molecular formula is C19H18Cl2FN3O2. The second kappa shape index (κ2) is 8.59. The Morgan fingerprint density at radius 3 is 2.33 bits per heavy atom. The third kappa shape index (κ3) is 4.51. The zero-order valence-electron chi connectivity index (χ0n) is 14.4. The maximum Gasteiger partial charge on any atom is 0.321 e. The number of nitrogens with one attached hydrogen (secondary N) is 1. The van der Waals surface area contributed by atoms with E-state index in [9.17, 15) is 14.0 Å². The molecule has 27 heavy (non-hydrogen) atoms. The average Bonchev–Trinajstić information content (AvgIpc) is 2.69. The fourth-order valence-electron chi connectivity index (χ4n) is 2.94. The van der Waals surface area contributed by atoms with Gasteiger partial charge in [-0.2, -0.15) is 0 Å². The minimum atomic E-state index is -0.386. The van der Waals surface area contributed by atoms with E-state index in [0.717, 1.165) is 0 Å². The third-order valence-corrected chi connectivity index (χ3v) is 4.97. The summed E-state index contributed by atoms with van der Waals surface area (Å²) < 4.78 is 14.1. The highest BCUT2D eigenvalue weighted by atomic mass is 35.5. The van der Waals surface area contributed by atoms with Crippen LogP contribution in [0, 0.1) is 5.82 Å². The number of amides is 3. The van der Waals surface area contributed by atoms with Crippen molar-refractivity contribution >= 4 is 40.8 Å². The number of piperazine rings is 1. The number of benzene rings is 2. The maximum atomic E-state index is 14.1. The van der Waals surface area contributed by atoms with Gasteiger partial charge in [0.2, 0.25) is 5.91 Å². The quantitative estimate of drug-likeness (QED) is 0.776. The van der Waals surface area contributed by atoms with Gasteiger partial charge in [0, 0.05) is 48.0 Å². The monoisotopic (exact) mass is 409 g/mol. The minimum Gasteiger partial charge on any atom is -0.338 e. The Labute approximate surface area is 166 Å². The van der Waals surface area contributed by atoms with Crippen LogP contribution in [0.4, 0.5) is 14.9 Å². The van der Waals surface area contributed by atoms with Gasteiger partial charge in [-0.25, -0.2) is 9.18 Å². The number of rotatable bonds is 3. The minimum absolute atomic E-state index is 0.0597. The van der Waals surface area contributed by atoms with Gasteiger partial charge in [0.15, 0.2) is 0 Å². The Kier molecular flexibility index (Phi) is 6.19. The summed E-state index contributed by atoms with van der Waals surface area (Å²) in [4.78, 5) is 27.3. The third-order valence-electron chi connectivity index (χ3n) is 4.42. The van der Waals surface area contributed by atoms with Gasteiger partial charge in [0.25, 0.3) is 0 Å². The first kappa shape index (κ1) is 19.5. The van der Waals surface area contributed by atoms with Crippen LogP contribution in [0.2, 0.25) is 5.02 Å². The number of carbonyl (C=O) groups excluding carboxylic acids is 2. The summed E-state index contributed by atoms with van der Waals surface area (Å²) in [6.07, 6.45) is 0. The van der Waals surface area contributed by atoms with E-state index in [1.807, 2.05) is 0 Å². The first-order valence-electron chi connectivity index (χ1n) is 8.43. The van der Waals surface area contributed by atoms with Crippen molar-refractivity contribution in [3.8, 4) is 11.1 Å². The molecule has 142 valence electrons. The molecule has 3 rings (SSSR count). The number of halogens is 3. The molecule has 1 aliphatic rings. The summed E-state index contributed by atoms with van der Waals surface area (Å²) in [7, 11) is 0. The molecule has 1 fully saturated rings. The second-order valence-electron chi connectivity index (χ2n) is 6.11. The molecule has 1 heterocycles. The fraction of sp³-hybridized carbons (Fsp3) is 0.263. The molecule has 2 aromatic rings. The maximum absolute atomic E-state index is 14.1. The van der Waals surface area contributed by atoms with Gasteiger partial charge in [-0.1, -0.05) is 29.8 Å². The lowest BCUT2D eigenvalue weighted by molar-refractivity contribution is -0.129. The van der Waals surface area contributed by atoms with Gasteiger partial charge >= 0.3 is 6.03 Å². The fourth-order valence-corrected chi connectivity index (χ4v) is 3.32. The van der Waals surface area contributed by atoms with Crippen LogP contribution in [0.5, 0.6) is 0 Å². The molecule has 0 spiro atoms. The van der Waals surface area contributed by atoms with Crippen LogP contribution < -0.4 is 5.32 Å². The van der Waals surface area contributed by atoms with E-state index in [1.54, 1.807) is 46.2 Å². The summed E-state index contributed by atoms with van der Waals surface area (Å²) in [6.45, 7) is 1.73. The molecule has 0 radical (unpaired) electrons. The highest BCUT2D eigenvalue weighted by Crippen LogP contribution is 2.32. The molecule has 0 atom stereocenters. The largest absolute Gasteiger partial charge is 0.338 e. The van der Waals surface area contributed by atoms with E-state index in [0.29, 0.717) is 48.0 Å². The highest BCUT2D eigenvalue weighted by molar-refractivity contribution is 6.33. The van der Waals surface area contributed by atoms with E-state index in [1.165, 1.54) is 6.07 Å². The topological polar surface area (TPSA) is 52.7 Å². The molecule has 1 N–H and O–H groups in total. The van der Waals surface area contributed by atoms with Crippen molar-refractivity contribution in [2.24, 2.45) is 0 Å². The molecule has 1 aliphatic heterocycles. The number of carbonyl (C=O) groups is 2. The Morgan fingerprint density at radius 2 is 1.67 bits per heavy atom. The van der Waals surface area contributed by atoms with E-state index in [2.05, 4.69) is 5.32 Å². The van der Waals surface area contributed by atoms with Crippen LogP contribution in [0.25, 0.3) is 11.1 Å². The number of anilines is 1. The van der Waals surface area contributed by atoms with Gasteiger partial charge in [-0.05, 0) is 24.3 Å². The molecular weight excluding hydrogens is 392 g/mol. The van der Waals surface area contributed by atoms with Gasteiger partial charge in [-0.3, -0.25) is 4.79 Å². The van der Waals surface area contributed by atoms with Gasteiger partial charge in [-0.15, -0.1) is 11.6 Å². The first-order chi connectivity index (χ1) is 13.0. The normalized spacial score (nSPS) is 14.2. The molecule has 3 amide bonds. The molecule has 0 unspecified atom stereocenters. The van der Waals surface area contributed by atoms with E-state index >= 15 is 0 Å². The number of hydrogen-bond acceptors (Lipinski definition) is 2. The lowest BCUT2D eigenvalue weighted by Crippen LogP contribution is -2.52. The van der Waals surface area contributed by atoms with Crippen molar-refractivity contribution in [1.29, 1.82) is 0 Å². The van der Waals surface area contributed by atoms with Crippen LogP contribution in [0.15, 0.2) is 42.5 Å². The van der Waals surface area contributed by atoms with Crippen molar-refractivity contribution in [3.05, 3.63) is 53.3 Å². The standard InChI is InChI=1S/C19H18Cl2FN3O2/c20-12-18(26)24-7-9-25(10-8-24)19(27)23-13-5-6-16(21)15(11-13)14-3-1-2-4-17(14)22/h1-6,11H,7-10,12H2,(H,23,27). The summed E-state index contributed by atoms with van der Waals surface area (Å²) >= 11 is 11.8. The van der Waals surface area contributed by atoms with E-state index in [-0.39, 0.29) is 23.6 Å². The predicted octanol–water partition coefficient (Wildman–Crippen LogP) is 4.06. The molecule has 0 saturated carbocycles. The Hall–Kier alpha value is -2.31. The van der Waals surface area contributed by atoms with E-state index < -0.39 is 0 Å². The van der Waals surface area contributed by atoms with Gasteiger partial charge in [0.1, 0.15) is 11.7 Å².